The first-order valence-electron chi connectivity index (χ1n) is 4.62. The Balaban J connectivity index is 2.09. The molecule has 1 aliphatic rings. The van der Waals surface area contributed by atoms with E-state index in [9.17, 15) is 0 Å². The Kier molecular flexibility index (Phi) is 4.21. The summed E-state index contributed by atoms with van der Waals surface area (Å²) in [4.78, 5) is 4.36. The Hall–Kier alpha value is -0.370. The first-order valence-corrected chi connectivity index (χ1v) is 4.62. The molecule has 1 N–H and O–H groups in total. The highest BCUT2D eigenvalue weighted by molar-refractivity contribution is 5.56. The summed E-state index contributed by atoms with van der Waals surface area (Å²) in [6.07, 6.45) is 5.72. The zero-order chi connectivity index (χ0) is 7.94. The van der Waals surface area contributed by atoms with Crippen LogP contribution in [0.4, 0.5) is 0 Å². The highest BCUT2D eigenvalue weighted by Gasteiger charge is 2.10. The zero-order valence-electron chi connectivity index (χ0n) is 7.34. The van der Waals surface area contributed by atoms with E-state index in [0.29, 0.717) is 0 Å². The average Bonchev–Trinajstić information content (AvgIpc) is 2.07. The molecule has 1 saturated heterocycles. The van der Waals surface area contributed by atoms with E-state index in [4.69, 9.17) is 0 Å². The first-order chi connectivity index (χ1) is 5.43. The van der Waals surface area contributed by atoms with Crippen molar-refractivity contribution in [3.8, 4) is 0 Å². The summed E-state index contributed by atoms with van der Waals surface area (Å²) in [5.74, 6) is 0.846. The number of aliphatic imine (C=N–C) groups is 1. The number of piperidine rings is 1. The lowest BCUT2D eigenvalue weighted by Gasteiger charge is -2.20. The average molecular weight is 154 g/mol. The highest BCUT2D eigenvalue weighted by Crippen LogP contribution is 2.10. The van der Waals surface area contributed by atoms with Crippen molar-refractivity contribution in [1.82, 2.24) is 5.32 Å². The molecule has 1 heterocycles. The fourth-order valence-corrected chi connectivity index (χ4v) is 1.42. The molecule has 0 aromatic carbocycles. The van der Waals surface area contributed by atoms with Crippen LogP contribution in [0.25, 0.3) is 0 Å². The van der Waals surface area contributed by atoms with Crippen molar-refractivity contribution in [3.63, 3.8) is 0 Å². The third-order valence-corrected chi connectivity index (χ3v) is 2.13. The van der Waals surface area contributed by atoms with Crippen molar-refractivity contribution < 1.29 is 0 Å². The second kappa shape index (κ2) is 5.30. The molecule has 64 valence electrons. The molecule has 1 fully saturated rings. The molecule has 1 rings (SSSR count). The van der Waals surface area contributed by atoms with Crippen LogP contribution >= 0.6 is 0 Å². The molecule has 0 atom stereocenters. The first kappa shape index (κ1) is 8.72. The molecule has 0 amide bonds. The molecule has 0 aromatic heterocycles. The predicted molar refractivity (Wildman–Crippen MR) is 49.2 cm³/mol. The lowest BCUT2D eigenvalue weighted by Crippen LogP contribution is -2.28. The van der Waals surface area contributed by atoms with Crippen LogP contribution < -0.4 is 5.32 Å². The molecule has 0 aromatic rings. The van der Waals surface area contributed by atoms with E-state index < -0.39 is 0 Å². The SMILES string of the molecule is CCC=NCC1CCNCC1. The molecule has 0 spiro atoms. The summed E-state index contributed by atoms with van der Waals surface area (Å²) in [7, 11) is 0. The third kappa shape index (κ3) is 3.51. The van der Waals surface area contributed by atoms with Gasteiger partial charge in [0, 0.05) is 6.54 Å². The van der Waals surface area contributed by atoms with Crippen LogP contribution in [0.2, 0.25) is 0 Å². The highest BCUT2D eigenvalue weighted by atomic mass is 14.9. The van der Waals surface area contributed by atoms with Crippen molar-refractivity contribution in [2.75, 3.05) is 19.6 Å². The Bertz CT molecular complexity index is 115. The smallest absolute Gasteiger partial charge is 0.0414 e. The zero-order valence-corrected chi connectivity index (χ0v) is 7.34. The molecule has 2 heteroatoms. The van der Waals surface area contributed by atoms with Gasteiger partial charge in [0.1, 0.15) is 0 Å². The molecular formula is C9H18N2. The largest absolute Gasteiger partial charge is 0.317 e. The van der Waals surface area contributed by atoms with Gasteiger partial charge in [-0.1, -0.05) is 6.92 Å². The number of hydrogen-bond acceptors (Lipinski definition) is 2. The van der Waals surface area contributed by atoms with Gasteiger partial charge in [-0.15, -0.1) is 0 Å². The minimum atomic E-state index is 0.846. The van der Waals surface area contributed by atoms with Crippen molar-refractivity contribution in [2.24, 2.45) is 10.9 Å². The molecule has 0 radical (unpaired) electrons. The quantitative estimate of drug-likeness (QED) is 0.612. The van der Waals surface area contributed by atoms with E-state index in [0.717, 1.165) is 18.9 Å². The molecule has 0 bridgehead atoms. The maximum absolute atomic E-state index is 4.36. The minimum Gasteiger partial charge on any atom is -0.317 e. The predicted octanol–water partition coefficient (Wildman–Crippen LogP) is 1.47. The van der Waals surface area contributed by atoms with Gasteiger partial charge >= 0.3 is 0 Å². The monoisotopic (exact) mass is 154 g/mol. The van der Waals surface area contributed by atoms with Crippen molar-refractivity contribution in [2.45, 2.75) is 26.2 Å². The summed E-state index contributed by atoms with van der Waals surface area (Å²) >= 11 is 0. The van der Waals surface area contributed by atoms with E-state index in [1.165, 1.54) is 25.9 Å². The Morgan fingerprint density at radius 2 is 2.18 bits per heavy atom. The van der Waals surface area contributed by atoms with Gasteiger partial charge in [-0.3, -0.25) is 4.99 Å². The summed E-state index contributed by atoms with van der Waals surface area (Å²) in [6.45, 7) is 5.56. The van der Waals surface area contributed by atoms with Gasteiger partial charge in [0.05, 0.1) is 0 Å². The van der Waals surface area contributed by atoms with Crippen LogP contribution in [-0.2, 0) is 0 Å². The number of rotatable bonds is 3. The van der Waals surface area contributed by atoms with Crippen molar-refractivity contribution in [1.29, 1.82) is 0 Å². The molecular weight excluding hydrogens is 136 g/mol. The molecule has 0 unspecified atom stereocenters. The fraction of sp³-hybridized carbons (Fsp3) is 0.889. The fourth-order valence-electron chi connectivity index (χ4n) is 1.42. The van der Waals surface area contributed by atoms with Gasteiger partial charge in [0.25, 0.3) is 0 Å². The van der Waals surface area contributed by atoms with Crippen molar-refractivity contribution in [3.05, 3.63) is 0 Å². The molecule has 1 aliphatic heterocycles. The molecule has 0 saturated carbocycles. The standard InChI is InChI=1S/C9H18N2/c1-2-5-11-8-9-3-6-10-7-4-9/h5,9-10H,2-4,6-8H2,1H3. The lowest BCUT2D eigenvalue weighted by molar-refractivity contribution is 0.383. The van der Waals surface area contributed by atoms with E-state index in [2.05, 4.69) is 17.2 Å². The Labute approximate surface area is 69.1 Å². The van der Waals surface area contributed by atoms with E-state index in [-0.39, 0.29) is 0 Å². The maximum atomic E-state index is 4.36. The summed E-state index contributed by atoms with van der Waals surface area (Å²) < 4.78 is 0. The molecule has 0 aliphatic carbocycles. The van der Waals surface area contributed by atoms with E-state index in [1.807, 2.05) is 6.21 Å². The van der Waals surface area contributed by atoms with Gasteiger partial charge < -0.3 is 5.32 Å². The number of nitrogens with zero attached hydrogens (tertiary/aromatic N) is 1. The van der Waals surface area contributed by atoms with Gasteiger partial charge in [-0.2, -0.15) is 0 Å². The van der Waals surface area contributed by atoms with Crippen LogP contribution in [0.15, 0.2) is 4.99 Å². The van der Waals surface area contributed by atoms with Crippen LogP contribution in [-0.4, -0.2) is 25.8 Å². The Morgan fingerprint density at radius 3 is 2.82 bits per heavy atom. The summed E-state index contributed by atoms with van der Waals surface area (Å²) in [6, 6.07) is 0. The van der Waals surface area contributed by atoms with E-state index >= 15 is 0 Å². The van der Waals surface area contributed by atoms with Crippen LogP contribution in [0.1, 0.15) is 26.2 Å². The van der Waals surface area contributed by atoms with Gasteiger partial charge in [0.2, 0.25) is 0 Å². The van der Waals surface area contributed by atoms with Crippen LogP contribution in [0, 0.1) is 5.92 Å². The maximum Gasteiger partial charge on any atom is 0.0414 e. The summed E-state index contributed by atoms with van der Waals surface area (Å²) in [5, 5.41) is 3.35. The number of hydrogen-bond donors (Lipinski definition) is 1. The summed E-state index contributed by atoms with van der Waals surface area (Å²) in [5.41, 5.74) is 0. The second-order valence-corrected chi connectivity index (χ2v) is 3.15. The lowest BCUT2D eigenvalue weighted by atomic mass is 9.99. The van der Waals surface area contributed by atoms with Gasteiger partial charge in [0.15, 0.2) is 0 Å². The molecule has 11 heavy (non-hydrogen) atoms. The third-order valence-electron chi connectivity index (χ3n) is 2.13. The van der Waals surface area contributed by atoms with Crippen LogP contribution in [0.5, 0.6) is 0 Å². The van der Waals surface area contributed by atoms with Crippen LogP contribution in [0.3, 0.4) is 0 Å². The van der Waals surface area contributed by atoms with Gasteiger partial charge in [-0.05, 0) is 44.5 Å². The number of nitrogens with one attached hydrogen (secondary N) is 1. The Morgan fingerprint density at radius 1 is 1.45 bits per heavy atom. The topological polar surface area (TPSA) is 24.4 Å². The molecule has 2 nitrogen and oxygen atoms in total. The van der Waals surface area contributed by atoms with Gasteiger partial charge in [-0.25, -0.2) is 0 Å². The van der Waals surface area contributed by atoms with E-state index in [1.54, 1.807) is 0 Å². The normalized spacial score (nSPS) is 21.2. The second-order valence-electron chi connectivity index (χ2n) is 3.15. The van der Waals surface area contributed by atoms with Crippen molar-refractivity contribution >= 4 is 6.21 Å². The minimum absolute atomic E-state index is 0.846.